The molecule has 0 saturated carbocycles. The molecule has 1 N–H and O–H groups in total. The maximum atomic E-state index is 12.9. The molecular weight excluding hydrogens is 477 g/mol. The van der Waals surface area contributed by atoms with Crippen LogP contribution in [-0.4, -0.2) is 20.1 Å². The third kappa shape index (κ3) is 2.96. The first-order valence-electron chi connectivity index (χ1n) is 7.98. The van der Waals surface area contributed by atoms with Gasteiger partial charge in [-0.05, 0) is 65.1 Å². The first-order valence-corrected chi connectivity index (χ1v) is 10.5. The molecule has 0 atom stereocenters. The highest BCUT2D eigenvalue weighted by Gasteiger charge is 2.35. The van der Waals surface area contributed by atoms with Gasteiger partial charge in [0.15, 0.2) is 5.78 Å². The molecule has 1 aliphatic heterocycles. The van der Waals surface area contributed by atoms with Crippen molar-refractivity contribution in [2.24, 2.45) is 0 Å². The average molecular weight is 489 g/mol. The molecular formula is C20H12INO4S. The average Bonchev–Trinajstić information content (AvgIpc) is 2.68. The van der Waals surface area contributed by atoms with Gasteiger partial charge in [0.05, 0.1) is 15.5 Å². The third-order valence-electron chi connectivity index (χ3n) is 4.32. The molecule has 0 fully saturated rings. The lowest BCUT2D eigenvalue weighted by atomic mass is 10.0. The van der Waals surface area contributed by atoms with Crippen molar-refractivity contribution in [2.45, 2.75) is 9.79 Å². The van der Waals surface area contributed by atoms with Crippen LogP contribution in [0.15, 0.2) is 76.5 Å². The van der Waals surface area contributed by atoms with E-state index < -0.39 is 15.7 Å². The molecule has 0 saturated heterocycles. The molecule has 4 rings (SSSR count). The minimum absolute atomic E-state index is 0.0299. The summed E-state index contributed by atoms with van der Waals surface area (Å²) in [7, 11) is -3.87. The number of hydrogen-bond donors (Lipinski definition) is 1. The first-order chi connectivity index (χ1) is 12.9. The van der Waals surface area contributed by atoms with Crippen LogP contribution in [0.1, 0.15) is 26.3 Å². The van der Waals surface area contributed by atoms with Crippen molar-refractivity contribution in [3.63, 3.8) is 0 Å². The zero-order valence-electron chi connectivity index (χ0n) is 13.8. The largest absolute Gasteiger partial charge is 0.321 e. The Balaban J connectivity index is 1.78. The van der Waals surface area contributed by atoms with Crippen molar-refractivity contribution in [1.82, 2.24) is 0 Å². The Hall–Kier alpha value is -2.52. The zero-order chi connectivity index (χ0) is 19.2. The fourth-order valence-electron chi connectivity index (χ4n) is 2.98. The van der Waals surface area contributed by atoms with Gasteiger partial charge in [-0.15, -0.1) is 0 Å². The zero-order valence-corrected chi connectivity index (χ0v) is 16.7. The number of fused-ring (bicyclic) bond motifs is 2. The van der Waals surface area contributed by atoms with Crippen LogP contribution in [0.4, 0.5) is 5.69 Å². The van der Waals surface area contributed by atoms with Gasteiger partial charge in [0.1, 0.15) is 0 Å². The molecule has 0 spiro atoms. The SMILES string of the molecule is O=C(Nc1ccccc1I)c1ccc2c(c1)S(=O)(=O)c1ccccc1C2=O. The number of benzene rings is 3. The lowest BCUT2D eigenvalue weighted by Gasteiger charge is -2.19. The van der Waals surface area contributed by atoms with Crippen LogP contribution >= 0.6 is 22.6 Å². The number of anilines is 1. The number of sulfone groups is 1. The predicted molar refractivity (Wildman–Crippen MR) is 109 cm³/mol. The van der Waals surface area contributed by atoms with Crippen LogP contribution in [0.5, 0.6) is 0 Å². The van der Waals surface area contributed by atoms with Crippen molar-refractivity contribution in [3.8, 4) is 0 Å². The molecule has 0 aromatic heterocycles. The van der Waals surface area contributed by atoms with Gasteiger partial charge in [-0.3, -0.25) is 9.59 Å². The fourth-order valence-corrected chi connectivity index (χ4v) is 5.18. The molecule has 1 aliphatic rings. The van der Waals surface area contributed by atoms with Crippen LogP contribution < -0.4 is 5.32 Å². The summed E-state index contributed by atoms with van der Waals surface area (Å²) in [5, 5.41) is 2.76. The van der Waals surface area contributed by atoms with Crippen molar-refractivity contribution < 1.29 is 18.0 Å². The Labute approximate surface area is 169 Å². The number of nitrogens with one attached hydrogen (secondary N) is 1. The van der Waals surface area contributed by atoms with Crippen LogP contribution in [0.3, 0.4) is 0 Å². The standard InChI is InChI=1S/C20H12INO4S/c21-15-6-2-3-7-16(15)22-20(24)12-9-10-14-18(11-12)27(25,26)17-8-4-1-5-13(17)19(14)23/h1-11H,(H,22,24). The summed E-state index contributed by atoms with van der Waals surface area (Å²) >= 11 is 2.10. The Morgan fingerprint density at radius 2 is 1.52 bits per heavy atom. The van der Waals surface area contributed by atoms with Crippen molar-refractivity contribution >= 4 is 49.8 Å². The van der Waals surface area contributed by atoms with E-state index in [1.54, 1.807) is 24.3 Å². The summed E-state index contributed by atoms with van der Waals surface area (Å²) < 4.78 is 26.7. The number of rotatable bonds is 2. The van der Waals surface area contributed by atoms with E-state index in [1.807, 2.05) is 12.1 Å². The van der Waals surface area contributed by atoms with E-state index in [1.165, 1.54) is 30.3 Å². The highest BCUT2D eigenvalue weighted by Crippen LogP contribution is 2.34. The number of para-hydroxylation sites is 1. The van der Waals surface area contributed by atoms with E-state index in [0.717, 1.165) is 3.57 Å². The Morgan fingerprint density at radius 3 is 2.30 bits per heavy atom. The van der Waals surface area contributed by atoms with Crippen molar-refractivity contribution in [3.05, 3.63) is 87.0 Å². The lowest BCUT2D eigenvalue weighted by Crippen LogP contribution is -2.21. The number of amides is 1. The van der Waals surface area contributed by atoms with E-state index in [4.69, 9.17) is 0 Å². The summed E-state index contributed by atoms with van der Waals surface area (Å²) in [5.74, 6) is -0.802. The molecule has 5 nitrogen and oxygen atoms in total. The van der Waals surface area contributed by atoms with Gasteiger partial charge in [-0.1, -0.05) is 24.3 Å². The number of halogens is 1. The second kappa shape index (κ2) is 6.58. The summed E-state index contributed by atoms with van der Waals surface area (Å²) in [6.07, 6.45) is 0. The van der Waals surface area contributed by atoms with E-state index in [2.05, 4.69) is 27.9 Å². The normalized spacial score (nSPS) is 14.2. The maximum absolute atomic E-state index is 12.9. The maximum Gasteiger partial charge on any atom is 0.255 e. The van der Waals surface area contributed by atoms with E-state index in [0.29, 0.717) is 5.69 Å². The molecule has 27 heavy (non-hydrogen) atoms. The summed E-state index contributed by atoms with van der Waals surface area (Å²) in [4.78, 5) is 25.1. The molecule has 1 amide bonds. The molecule has 0 unspecified atom stereocenters. The highest BCUT2D eigenvalue weighted by atomic mass is 127. The number of hydrogen-bond acceptors (Lipinski definition) is 4. The Kier molecular flexibility index (Phi) is 4.35. The minimum Gasteiger partial charge on any atom is -0.321 e. The topological polar surface area (TPSA) is 80.3 Å². The van der Waals surface area contributed by atoms with E-state index >= 15 is 0 Å². The molecule has 3 aromatic carbocycles. The van der Waals surface area contributed by atoms with Crippen LogP contribution in [0.2, 0.25) is 0 Å². The quantitative estimate of drug-likeness (QED) is 0.433. The Bertz CT molecular complexity index is 1220. The molecule has 0 aliphatic carbocycles. The lowest BCUT2D eigenvalue weighted by molar-refractivity contribution is 0.101. The van der Waals surface area contributed by atoms with Gasteiger partial charge in [0.2, 0.25) is 9.84 Å². The van der Waals surface area contributed by atoms with Crippen molar-refractivity contribution in [2.75, 3.05) is 5.32 Å². The smallest absolute Gasteiger partial charge is 0.255 e. The number of ketones is 1. The van der Waals surface area contributed by atoms with Crippen LogP contribution in [0, 0.1) is 3.57 Å². The van der Waals surface area contributed by atoms with Gasteiger partial charge >= 0.3 is 0 Å². The van der Waals surface area contributed by atoms with Gasteiger partial charge < -0.3 is 5.32 Å². The third-order valence-corrected chi connectivity index (χ3v) is 7.11. The second-order valence-corrected chi connectivity index (χ2v) is 9.02. The molecule has 3 aromatic rings. The Morgan fingerprint density at radius 1 is 0.852 bits per heavy atom. The number of carbonyl (C=O) groups is 2. The molecule has 0 radical (unpaired) electrons. The van der Waals surface area contributed by atoms with Gasteiger partial charge in [0, 0.05) is 20.3 Å². The van der Waals surface area contributed by atoms with Gasteiger partial charge in [-0.25, -0.2) is 8.42 Å². The first kappa shape index (κ1) is 17.9. The monoisotopic (exact) mass is 489 g/mol. The van der Waals surface area contributed by atoms with Crippen LogP contribution in [-0.2, 0) is 9.84 Å². The molecule has 0 bridgehead atoms. The molecule has 134 valence electrons. The highest BCUT2D eigenvalue weighted by molar-refractivity contribution is 14.1. The van der Waals surface area contributed by atoms with E-state index in [-0.39, 0.29) is 32.3 Å². The van der Waals surface area contributed by atoms with Gasteiger partial charge in [0.25, 0.3) is 5.91 Å². The minimum atomic E-state index is -3.87. The van der Waals surface area contributed by atoms with Crippen molar-refractivity contribution in [1.29, 1.82) is 0 Å². The molecule has 1 heterocycles. The number of carbonyl (C=O) groups excluding carboxylic acids is 2. The fraction of sp³-hybridized carbons (Fsp3) is 0. The van der Waals surface area contributed by atoms with E-state index in [9.17, 15) is 18.0 Å². The predicted octanol–water partition coefficient (Wildman–Crippen LogP) is 3.92. The summed E-state index contributed by atoms with van der Waals surface area (Å²) in [6.45, 7) is 0. The molecule has 7 heteroatoms. The summed E-state index contributed by atoms with van der Waals surface area (Å²) in [6, 6.07) is 17.5. The van der Waals surface area contributed by atoms with Gasteiger partial charge in [-0.2, -0.15) is 0 Å². The second-order valence-electron chi connectivity index (χ2n) is 5.97. The summed E-state index contributed by atoms with van der Waals surface area (Å²) in [5.41, 5.74) is 1.04. The van der Waals surface area contributed by atoms with Crippen LogP contribution in [0.25, 0.3) is 0 Å².